The summed E-state index contributed by atoms with van der Waals surface area (Å²) in [6.45, 7) is 5.61. The average molecular weight is 279 g/mol. The SMILES string of the molecule is O=C(CCC1CCCNC1)NCC1CCN(C2CC2)C1. The molecule has 1 saturated carbocycles. The molecular weight excluding hydrogens is 250 g/mol. The molecule has 0 aromatic heterocycles. The first-order valence-electron chi connectivity index (χ1n) is 8.52. The molecule has 2 heterocycles. The van der Waals surface area contributed by atoms with Gasteiger partial charge in [0.1, 0.15) is 0 Å². The van der Waals surface area contributed by atoms with E-state index in [4.69, 9.17) is 0 Å². The van der Waals surface area contributed by atoms with Gasteiger partial charge in [-0.3, -0.25) is 4.79 Å². The Morgan fingerprint density at radius 3 is 2.85 bits per heavy atom. The number of amides is 1. The minimum absolute atomic E-state index is 0.264. The van der Waals surface area contributed by atoms with Gasteiger partial charge in [-0.05, 0) is 70.0 Å². The quantitative estimate of drug-likeness (QED) is 0.772. The molecule has 0 aromatic carbocycles. The molecule has 20 heavy (non-hydrogen) atoms. The van der Waals surface area contributed by atoms with Crippen LogP contribution < -0.4 is 10.6 Å². The first-order chi connectivity index (χ1) is 9.81. The summed E-state index contributed by atoms with van der Waals surface area (Å²) < 4.78 is 0. The lowest BCUT2D eigenvalue weighted by Gasteiger charge is -2.22. The second-order valence-corrected chi connectivity index (χ2v) is 6.94. The maximum absolute atomic E-state index is 11.9. The molecule has 4 nitrogen and oxygen atoms in total. The van der Waals surface area contributed by atoms with Crippen LogP contribution in [-0.2, 0) is 4.79 Å². The summed E-state index contributed by atoms with van der Waals surface area (Å²) in [6.07, 6.45) is 8.39. The van der Waals surface area contributed by atoms with Gasteiger partial charge in [-0.2, -0.15) is 0 Å². The molecule has 2 atom stereocenters. The molecule has 0 spiro atoms. The van der Waals surface area contributed by atoms with Crippen molar-refractivity contribution >= 4 is 5.91 Å². The van der Waals surface area contributed by atoms with E-state index in [1.807, 2.05) is 0 Å². The fourth-order valence-electron chi connectivity index (χ4n) is 3.65. The van der Waals surface area contributed by atoms with Crippen LogP contribution in [0.4, 0.5) is 0 Å². The highest BCUT2D eigenvalue weighted by Gasteiger charge is 2.34. The number of nitrogens with one attached hydrogen (secondary N) is 2. The van der Waals surface area contributed by atoms with Crippen molar-refractivity contribution < 1.29 is 4.79 Å². The second kappa shape index (κ2) is 6.90. The van der Waals surface area contributed by atoms with Crippen molar-refractivity contribution in [3.63, 3.8) is 0 Å². The van der Waals surface area contributed by atoms with E-state index in [-0.39, 0.29) is 5.91 Å². The smallest absolute Gasteiger partial charge is 0.220 e. The summed E-state index contributed by atoms with van der Waals surface area (Å²) in [5.74, 6) is 1.67. The Morgan fingerprint density at radius 1 is 1.20 bits per heavy atom. The first kappa shape index (κ1) is 14.3. The minimum atomic E-state index is 0.264. The molecule has 3 rings (SSSR count). The molecule has 2 N–H and O–H groups in total. The minimum Gasteiger partial charge on any atom is -0.356 e. The van der Waals surface area contributed by atoms with E-state index in [1.165, 1.54) is 45.2 Å². The van der Waals surface area contributed by atoms with Crippen molar-refractivity contribution in [1.29, 1.82) is 0 Å². The molecule has 0 radical (unpaired) electrons. The van der Waals surface area contributed by atoms with Gasteiger partial charge in [0.05, 0.1) is 0 Å². The van der Waals surface area contributed by atoms with Crippen LogP contribution in [0, 0.1) is 11.8 Å². The van der Waals surface area contributed by atoms with Crippen LogP contribution in [0.5, 0.6) is 0 Å². The number of carbonyl (C=O) groups excluding carboxylic acids is 1. The van der Waals surface area contributed by atoms with Crippen LogP contribution in [0.1, 0.15) is 44.9 Å². The zero-order chi connectivity index (χ0) is 13.8. The predicted octanol–water partition coefficient (Wildman–Crippen LogP) is 1.37. The van der Waals surface area contributed by atoms with Crippen molar-refractivity contribution in [2.45, 2.75) is 51.0 Å². The average Bonchev–Trinajstić information content (AvgIpc) is 3.23. The number of nitrogens with zero attached hydrogens (tertiary/aromatic N) is 1. The third-order valence-corrected chi connectivity index (χ3v) is 5.15. The molecule has 1 amide bonds. The lowest BCUT2D eigenvalue weighted by molar-refractivity contribution is -0.121. The van der Waals surface area contributed by atoms with E-state index in [1.54, 1.807) is 0 Å². The zero-order valence-electron chi connectivity index (χ0n) is 12.6. The Balaban J connectivity index is 1.27. The highest BCUT2D eigenvalue weighted by Crippen LogP contribution is 2.31. The summed E-state index contributed by atoms with van der Waals surface area (Å²) >= 11 is 0. The highest BCUT2D eigenvalue weighted by molar-refractivity contribution is 5.75. The molecule has 3 aliphatic rings. The standard InChI is InChI=1S/C16H29N3O/c20-16(6-3-13-2-1-8-17-10-13)18-11-14-7-9-19(12-14)15-4-5-15/h13-15,17H,1-12H2,(H,18,20). The molecule has 0 aromatic rings. The van der Waals surface area contributed by atoms with Crippen LogP contribution in [0.25, 0.3) is 0 Å². The van der Waals surface area contributed by atoms with Crippen molar-refractivity contribution in [2.75, 3.05) is 32.7 Å². The normalized spacial score (nSPS) is 31.4. The number of piperidine rings is 1. The lowest BCUT2D eigenvalue weighted by Crippen LogP contribution is -2.33. The third-order valence-electron chi connectivity index (χ3n) is 5.15. The monoisotopic (exact) mass is 279 g/mol. The van der Waals surface area contributed by atoms with Crippen molar-refractivity contribution in [1.82, 2.24) is 15.5 Å². The van der Waals surface area contributed by atoms with Crippen LogP contribution in [0.3, 0.4) is 0 Å². The van der Waals surface area contributed by atoms with Crippen molar-refractivity contribution in [3.05, 3.63) is 0 Å². The van der Waals surface area contributed by atoms with Gasteiger partial charge in [-0.25, -0.2) is 0 Å². The van der Waals surface area contributed by atoms with Crippen LogP contribution >= 0.6 is 0 Å². The van der Waals surface area contributed by atoms with Gasteiger partial charge in [0, 0.05) is 25.6 Å². The number of hydrogen-bond donors (Lipinski definition) is 2. The Hall–Kier alpha value is -0.610. The summed E-state index contributed by atoms with van der Waals surface area (Å²) in [4.78, 5) is 14.5. The van der Waals surface area contributed by atoms with E-state index < -0.39 is 0 Å². The summed E-state index contributed by atoms with van der Waals surface area (Å²) in [5.41, 5.74) is 0. The molecule has 2 saturated heterocycles. The number of carbonyl (C=O) groups is 1. The van der Waals surface area contributed by atoms with Gasteiger partial charge >= 0.3 is 0 Å². The largest absolute Gasteiger partial charge is 0.356 e. The van der Waals surface area contributed by atoms with Crippen molar-refractivity contribution in [2.24, 2.45) is 11.8 Å². The van der Waals surface area contributed by atoms with E-state index in [0.717, 1.165) is 32.1 Å². The van der Waals surface area contributed by atoms with Crippen LogP contribution in [0.15, 0.2) is 0 Å². The van der Waals surface area contributed by atoms with Crippen molar-refractivity contribution in [3.8, 4) is 0 Å². The topological polar surface area (TPSA) is 44.4 Å². The van der Waals surface area contributed by atoms with E-state index >= 15 is 0 Å². The number of rotatable bonds is 6. The summed E-state index contributed by atoms with van der Waals surface area (Å²) in [7, 11) is 0. The zero-order valence-corrected chi connectivity index (χ0v) is 12.6. The van der Waals surface area contributed by atoms with Gasteiger partial charge in [-0.15, -0.1) is 0 Å². The molecule has 0 bridgehead atoms. The third kappa shape index (κ3) is 4.19. The summed E-state index contributed by atoms with van der Waals surface area (Å²) in [6, 6.07) is 0.884. The molecular formula is C16H29N3O. The maximum atomic E-state index is 11.9. The second-order valence-electron chi connectivity index (χ2n) is 6.94. The van der Waals surface area contributed by atoms with Gasteiger partial charge < -0.3 is 15.5 Å². The number of likely N-dealkylation sites (tertiary alicyclic amines) is 1. The van der Waals surface area contributed by atoms with Gasteiger partial charge in [-0.1, -0.05) is 0 Å². The molecule has 2 unspecified atom stereocenters. The predicted molar refractivity (Wildman–Crippen MR) is 80.5 cm³/mol. The lowest BCUT2D eigenvalue weighted by atomic mass is 9.94. The maximum Gasteiger partial charge on any atom is 0.220 e. The Bertz CT molecular complexity index is 324. The Kier molecular flexibility index (Phi) is 4.94. The van der Waals surface area contributed by atoms with E-state index in [2.05, 4.69) is 15.5 Å². The molecule has 3 fully saturated rings. The molecule has 114 valence electrons. The Labute approximate surface area is 122 Å². The first-order valence-corrected chi connectivity index (χ1v) is 8.52. The highest BCUT2D eigenvalue weighted by atomic mass is 16.1. The Morgan fingerprint density at radius 2 is 2.10 bits per heavy atom. The van der Waals surface area contributed by atoms with Gasteiger partial charge in [0.25, 0.3) is 0 Å². The van der Waals surface area contributed by atoms with Gasteiger partial charge in [0.15, 0.2) is 0 Å². The fourth-order valence-corrected chi connectivity index (χ4v) is 3.65. The summed E-state index contributed by atoms with van der Waals surface area (Å²) in [5, 5.41) is 6.58. The van der Waals surface area contributed by atoms with E-state index in [0.29, 0.717) is 18.3 Å². The fraction of sp³-hybridized carbons (Fsp3) is 0.938. The van der Waals surface area contributed by atoms with Crippen LogP contribution in [0.2, 0.25) is 0 Å². The molecule has 2 aliphatic heterocycles. The number of hydrogen-bond acceptors (Lipinski definition) is 3. The molecule has 1 aliphatic carbocycles. The van der Waals surface area contributed by atoms with E-state index in [9.17, 15) is 4.79 Å². The van der Waals surface area contributed by atoms with Gasteiger partial charge in [0.2, 0.25) is 5.91 Å². The molecule has 4 heteroatoms. The van der Waals surface area contributed by atoms with Crippen LogP contribution in [-0.4, -0.2) is 49.6 Å².